The van der Waals surface area contributed by atoms with Crippen molar-refractivity contribution in [2.45, 2.75) is 77.5 Å². The number of nitrogens with zero attached hydrogens (tertiary/aromatic N) is 2. The van der Waals surface area contributed by atoms with Gasteiger partial charge in [0.25, 0.3) is 5.91 Å². The first kappa shape index (κ1) is 19.0. The third-order valence-corrected chi connectivity index (χ3v) is 5.70. The predicted octanol–water partition coefficient (Wildman–Crippen LogP) is 4.76. The van der Waals surface area contributed by atoms with Crippen LogP contribution in [0.5, 0.6) is 5.75 Å². The van der Waals surface area contributed by atoms with Gasteiger partial charge in [-0.1, -0.05) is 18.9 Å². The second-order valence-electron chi connectivity index (χ2n) is 8.99. The number of nitrogens with one attached hydrogen (secondary N) is 1. The van der Waals surface area contributed by atoms with Gasteiger partial charge in [0.2, 0.25) is 0 Å². The Morgan fingerprint density at radius 2 is 2.07 bits per heavy atom. The quantitative estimate of drug-likeness (QED) is 0.717. The van der Waals surface area contributed by atoms with Gasteiger partial charge in [0, 0.05) is 11.8 Å². The Morgan fingerprint density at radius 3 is 2.64 bits per heavy atom. The summed E-state index contributed by atoms with van der Waals surface area (Å²) >= 11 is 0. The zero-order valence-electron chi connectivity index (χ0n) is 17.4. The summed E-state index contributed by atoms with van der Waals surface area (Å²) in [4.78, 5) is 17.5. The Kier molecular flexibility index (Phi) is 4.94. The summed E-state index contributed by atoms with van der Waals surface area (Å²) in [5, 5.41) is 3.28. The average Bonchev–Trinajstić information content (AvgIpc) is 3.55. The summed E-state index contributed by atoms with van der Waals surface area (Å²) in [7, 11) is 0. The normalized spacial score (nSPS) is 18.8. The number of hydrogen-bond donors (Lipinski definition) is 1. The molecule has 1 aromatic carbocycles. The molecule has 1 amide bonds. The highest BCUT2D eigenvalue weighted by atomic mass is 16.5. The lowest BCUT2D eigenvalue weighted by Gasteiger charge is -2.32. The van der Waals surface area contributed by atoms with Crippen LogP contribution in [0.2, 0.25) is 0 Å². The minimum Gasteiger partial charge on any atom is -0.491 e. The predicted molar refractivity (Wildman–Crippen MR) is 110 cm³/mol. The van der Waals surface area contributed by atoms with Crippen molar-refractivity contribution in [2.24, 2.45) is 5.92 Å². The summed E-state index contributed by atoms with van der Waals surface area (Å²) in [5.74, 6) is 2.04. The van der Waals surface area contributed by atoms with Crippen molar-refractivity contribution in [3.63, 3.8) is 0 Å². The highest BCUT2D eigenvalue weighted by molar-refractivity contribution is 5.95. The number of imidazole rings is 1. The molecule has 0 saturated heterocycles. The van der Waals surface area contributed by atoms with E-state index in [9.17, 15) is 4.79 Å². The average molecular weight is 382 g/mol. The highest BCUT2D eigenvalue weighted by Gasteiger charge is 2.36. The Balaban J connectivity index is 1.58. The molecule has 2 saturated carbocycles. The van der Waals surface area contributed by atoms with Gasteiger partial charge < -0.3 is 14.6 Å². The van der Waals surface area contributed by atoms with Crippen LogP contribution in [-0.4, -0.2) is 21.6 Å². The van der Waals surface area contributed by atoms with Gasteiger partial charge in [-0.05, 0) is 76.5 Å². The SMILES string of the molecule is Cc1cn([C@@](C)(CC2CC2)NC(=O)c2ccc(C3CC3)c(OC(C)C)c2)cn1. The van der Waals surface area contributed by atoms with E-state index in [0.29, 0.717) is 17.4 Å². The number of amides is 1. The molecular formula is C23H31N3O2. The van der Waals surface area contributed by atoms with Crippen molar-refractivity contribution < 1.29 is 9.53 Å². The van der Waals surface area contributed by atoms with E-state index in [1.807, 2.05) is 50.0 Å². The van der Waals surface area contributed by atoms with E-state index >= 15 is 0 Å². The van der Waals surface area contributed by atoms with E-state index in [0.717, 1.165) is 17.9 Å². The van der Waals surface area contributed by atoms with E-state index in [2.05, 4.69) is 23.3 Å². The van der Waals surface area contributed by atoms with Gasteiger partial charge in [-0.15, -0.1) is 0 Å². The van der Waals surface area contributed by atoms with E-state index in [1.165, 1.54) is 31.2 Å². The van der Waals surface area contributed by atoms with Crippen molar-refractivity contribution in [2.75, 3.05) is 0 Å². The van der Waals surface area contributed by atoms with Crippen LogP contribution in [0, 0.1) is 12.8 Å². The van der Waals surface area contributed by atoms with Gasteiger partial charge in [0.15, 0.2) is 0 Å². The summed E-state index contributed by atoms with van der Waals surface area (Å²) in [6, 6.07) is 5.93. The van der Waals surface area contributed by atoms with Gasteiger partial charge in [0.1, 0.15) is 11.4 Å². The van der Waals surface area contributed by atoms with Crippen LogP contribution in [0.15, 0.2) is 30.7 Å². The summed E-state index contributed by atoms with van der Waals surface area (Å²) in [5.41, 5.74) is 2.36. The molecule has 2 aliphatic carbocycles. The molecule has 150 valence electrons. The summed E-state index contributed by atoms with van der Waals surface area (Å²) in [6.07, 6.45) is 9.73. The van der Waals surface area contributed by atoms with Crippen molar-refractivity contribution in [3.05, 3.63) is 47.5 Å². The monoisotopic (exact) mass is 381 g/mol. The van der Waals surface area contributed by atoms with Gasteiger partial charge in [0.05, 0.1) is 18.1 Å². The van der Waals surface area contributed by atoms with E-state index < -0.39 is 5.66 Å². The molecular weight excluding hydrogens is 350 g/mol. The maximum atomic E-state index is 13.2. The Hall–Kier alpha value is -2.30. The lowest BCUT2D eigenvalue weighted by Crippen LogP contribution is -2.48. The van der Waals surface area contributed by atoms with Crippen LogP contribution >= 0.6 is 0 Å². The van der Waals surface area contributed by atoms with E-state index in [1.54, 1.807) is 0 Å². The molecule has 4 rings (SSSR count). The van der Waals surface area contributed by atoms with Crippen LogP contribution in [-0.2, 0) is 5.66 Å². The highest BCUT2D eigenvalue weighted by Crippen LogP contribution is 2.45. The zero-order chi connectivity index (χ0) is 19.9. The molecule has 2 aromatic rings. The van der Waals surface area contributed by atoms with Crippen molar-refractivity contribution in [3.8, 4) is 5.75 Å². The minimum atomic E-state index is -0.478. The van der Waals surface area contributed by atoms with Crippen molar-refractivity contribution in [1.29, 1.82) is 0 Å². The second-order valence-corrected chi connectivity index (χ2v) is 8.99. The molecule has 0 bridgehead atoms. The number of aryl methyl sites for hydroxylation is 1. The topological polar surface area (TPSA) is 56.2 Å². The molecule has 0 unspecified atom stereocenters. The van der Waals surface area contributed by atoms with E-state index in [-0.39, 0.29) is 12.0 Å². The Bertz CT molecular complexity index is 864. The first-order valence-corrected chi connectivity index (χ1v) is 10.5. The molecule has 5 nitrogen and oxygen atoms in total. The molecule has 0 radical (unpaired) electrons. The first-order valence-electron chi connectivity index (χ1n) is 10.5. The molecule has 0 aliphatic heterocycles. The lowest BCUT2D eigenvalue weighted by molar-refractivity contribution is 0.0839. The van der Waals surface area contributed by atoms with Crippen LogP contribution < -0.4 is 10.1 Å². The number of hydrogen-bond acceptors (Lipinski definition) is 3. The second kappa shape index (κ2) is 7.26. The van der Waals surface area contributed by atoms with Gasteiger partial charge in [-0.2, -0.15) is 0 Å². The smallest absolute Gasteiger partial charge is 0.253 e. The van der Waals surface area contributed by atoms with Crippen LogP contribution in [0.3, 0.4) is 0 Å². The molecule has 2 aliphatic rings. The number of carbonyl (C=O) groups is 1. The molecule has 1 N–H and O–H groups in total. The number of ether oxygens (including phenoxy) is 1. The minimum absolute atomic E-state index is 0.0644. The van der Waals surface area contributed by atoms with Crippen LogP contribution in [0.1, 0.15) is 80.4 Å². The molecule has 28 heavy (non-hydrogen) atoms. The summed E-state index contributed by atoms with van der Waals surface area (Å²) < 4.78 is 8.08. The molecule has 0 spiro atoms. The third kappa shape index (κ3) is 4.23. The lowest BCUT2D eigenvalue weighted by atomic mass is 10.0. The van der Waals surface area contributed by atoms with Crippen molar-refractivity contribution in [1.82, 2.24) is 14.9 Å². The standard InChI is InChI=1S/C23H31N3O2/c1-15(2)28-21-11-19(9-10-20(21)18-7-8-18)22(27)25-23(4,12-17-5-6-17)26-13-16(3)24-14-26/h9-11,13-15,17-18H,5-8,12H2,1-4H3,(H,25,27)/t23-/m0/s1. The Morgan fingerprint density at radius 1 is 1.32 bits per heavy atom. The van der Waals surface area contributed by atoms with Crippen LogP contribution in [0.4, 0.5) is 0 Å². The van der Waals surface area contributed by atoms with Gasteiger partial charge in [-0.3, -0.25) is 4.79 Å². The fourth-order valence-electron chi connectivity index (χ4n) is 3.88. The zero-order valence-corrected chi connectivity index (χ0v) is 17.4. The van der Waals surface area contributed by atoms with Crippen LogP contribution in [0.25, 0.3) is 0 Å². The third-order valence-electron chi connectivity index (χ3n) is 5.70. The maximum absolute atomic E-state index is 13.2. The van der Waals surface area contributed by atoms with Gasteiger partial charge in [-0.25, -0.2) is 4.98 Å². The summed E-state index contributed by atoms with van der Waals surface area (Å²) in [6.45, 7) is 8.12. The van der Waals surface area contributed by atoms with Gasteiger partial charge >= 0.3 is 0 Å². The van der Waals surface area contributed by atoms with E-state index in [4.69, 9.17) is 4.74 Å². The number of carbonyl (C=O) groups excluding carboxylic acids is 1. The fraction of sp³-hybridized carbons (Fsp3) is 0.565. The molecule has 1 aromatic heterocycles. The first-order chi connectivity index (χ1) is 13.3. The molecule has 1 atom stereocenters. The molecule has 1 heterocycles. The largest absolute Gasteiger partial charge is 0.491 e. The van der Waals surface area contributed by atoms with Crippen molar-refractivity contribution >= 4 is 5.91 Å². The Labute approximate surface area is 167 Å². The number of rotatable bonds is 8. The fourth-order valence-corrected chi connectivity index (χ4v) is 3.88. The maximum Gasteiger partial charge on any atom is 0.253 e. The number of benzene rings is 1. The molecule has 2 fully saturated rings. The molecule has 5 heteroatoms. The number of aromatic nitrogens is 2.